The lowest BCUT2D eigenvalue weighted by atomic mass is 10.1. The van der Waals surface area contributed by atoms with Crippen molar-refractivity contribution in [2.24, 2.45) is 0 Å². The highest BCUT2D eigenvalue weighted by Gasteiger charge is 2.24. The van der Waals surface area contributed by atoms with Gasteiger partial charge in [-0.15, -0.1) is 12.4 Å². The number of benzene rings is 1. The van der Waals surface area contributed by atoms with Crippen LogP contribution in [0, 0.1) is 5.82 Å². The molecule has 0 saturated carbocycles. The zero-order chi connectivity index (χ0) is 13.2. The molecule has 0 aliphatic carbocycles. The Balaban J connectivity index is 0.00000180. The molecular weight excluding hydrogens is 359 g/mol. The zero-order valence-electron chi connectivity index (χ0n) is 10.0. The highest BCUT2D eigenvalue weighted by atomic mass is 79.9. The Morgan fingerprint density at radius 1 is 1.32 bits per heavy atom. The van der Waals surface area contributed by atoms with Crippen LogP contribution < -0.4 is 10.0 Å². The van der Waals surface area contributed by atoms with Gasteiger partial charge in [-0.2, -0.15) is 0 Å². The molecule has 1 fully saturated rings. The number of halogens is 3. The molecule has 2 rings (SSSR count). The molecule has 1 aliphatic rings. The highest BCUT2D eigenvalue weighted by molar-refractivity contribution is 9.10. The van der Waals surface area contributed by atoms with Crippen molar-refractivity contribution >= 4 is 38.4 Å². The van der Waals surface area contributed by atoms with E-state index in [0.717, 1.165) is 32.0 Å². The molecule has 1 aromatic rings. The molecule has 0 atom stereocenters. The molecule has 0 aromatic heterocycles. The summed E-state index contributed by atoms with van der Waals surface area (Å²) in [7, 11) is -3.80. The molecular formula is C11H15BrClFN2O2S. The third-order valence-corrected chi connectivity index (χ3v) is 4.87. The summed E-state index contributed by atoms with van der Waals surface area (Å²) < 4.78 is 40.8. The summed E-state index contributed by atoms with van der Waals surface area (Å²) in [6.45, 7) is 1.54. The molecule has 19 heavy (non-hydrogen) atoms. The van der Waals surface area contributed by atoms with Crippen molar-refractivity contribution in [3.8, 4) is 0 Å². The van der Waals surface area contributed by atoms with Gasteiger partial charge in [0.05, 0.1) is 0 Å². The first-order valence-corrected chi connectivity index (χ1v) is 7.95. The van der Waals surface area contributed by atoms with E-state index in [9.17, 15) is 12.8 Å². The Bertz CT molecular complexity index is 535. The number of hydrogen-bond acceptors (Lipinski definition) is 3. The maximum Gasteiger partial charge on any atom is 0.243 e. The Labute approximate surface area is 126 Å². The van der Waals surface area contributed by atoms with Gasteiger partial charge >= 0.3 is 0 Å². The van der Waals surface area contributed by atoms with Crippen LogP contribution in [0.4, 0.5) is 4.39 Å². The fourth-order valence-electron chi connectivity index (χ4n) is 1.91. The Morgan fingerprint density at radius 2 is 1.95 bits per heavy atom. The van der Waals surface area contributed by atoms with Crippen molar-refractivity contribution in [3.05, 3.63) is 28.5 Å². The number of hydrogen-bond donors (Lipinski definition) is 2. The predicted octanol–water partition coefficient (Wildman–Crippen LogP) is 2.04. The average molecular weight is 374 g/mol. The van der Waals surface area contributed by atoms with Gasteiger partial charge in [-0.1, -0.05) is 15.9 Å². The van der Waals surface area contributed by atoms with E-state index >= 15 is 0 Å². The summed E-state index contributed by atoms with van der Waals surface area (Å²) in [6, 6.07) is 3.76. The van der Waals surface area contributed by atoms with Gasteiger partial charge in [-0.3, -0.25) is 0 Å². The van der Waals surface area contributed by atoms with Gasteiger partial charge in [-0.25, -0.2) is 17.5 Å². The fraction of sp³-hybridized carbons (Fsp3) is 0.455. The van der Waals surface area contributed by atoms with E-state index in [0.29, 0.717) is 4.47 Å². The summed E-state index contributed by atoms with van der Waals surface area (Å²) >= 11 is 3.15. The molecule has 0 radical (unpaired) electrons. The molecule has 0 unspecified atom stereocenters. The van der Waals surface area contributed by atoms with Crippen LogP contribution in [-0.2, 0) is 10.0 Å². The van der Waals surface area contributed by atoms with E-state index in [-0.39, 0.29) is 23.3 Å². The van der Waals surface area contributed by atoms with Gasteiger partial charge in [0.25, 0.3) is 0 Å². The SMILES string of the molecule is Cl.O=S(=O)(NC1CCNCC1)c1cc(Br)ccc1F. The molecule has 4 nitrogen and oxygen atoms in total. The number of piperidine rings is 1. The minimum Gasteiger partial charge on any atom is -0.317 e. The lowest BCUT2D eigenvalue weighted by Crippen LogP contribution is -2.42. The van der Waals surface area contributed by atoms with Crippen LogP contribution in [0.3, 0.4) is 0 Å². The van der Waals surface area contributed by atoms with Crippen LogP contribution in [0.5, 0.6) is 0 Å². The number of nitrogens with one attached hydrogen (secondary N) is 2. The molecule has 1 aliphatic heterocycles. The van der Waals surface area contributed by atoms with Crippen LogP contribution >= 0.6 is 28.3 Å². The minimum absolute atomic E-state index is 0. The smallest absolute Gasteiger partial charge is 0.243 e. The van der Waals surface area contributed by atoms with Gasteiger partial charge in [-0.05, 0) is 44.1 Å². The first-order valence-electron chi connectivity index (χ1n) is 5.67. The van der Waals surface area contributed by atoms with Gasteiger partial charge in [0.2, 0.25) is 10.0 Å². The summed E-state index contributed by atoms with van der Waals surface area (Å²) in [5.74, 6) is -0.736. The van der Waals surface area contributed by atoms with E-state index in [1.165, 1.54) is 12.1 Å². The summed E-state index contributed by atoms with van der Waals surface area (Å²) in [4.78, 5) is -0.310. The standard InChI is InChI=1S/C11H14BrFN2O2S.ClH/c12-8-1-2-10(13)11(7-8)18(16,17)15-9-3-5-14-6-4-9;/h1-2,7,9,14-15H,3-6H2;1H. The van der Waals surface area contributed by atoms with Crippen LogP contribution in [0.2, 0.25) is 0 Å². The lowest BCUT2D eigenvalue weighted by molar-refractivity contribution is 0.426. The maximum absolute atomic E-state index is 13.6. The molecule has 0 bridgehead atoms. The number of sulfonamides is 1. The van der Waals surface area contributed by atoms with Crippen molar-refractivity contribution in [3.63, 3.8) is 0 Å². The summed E-state index contributed by atoms with van der Waals surface area (Å²) in [6.07, 6.45) is 1.43. The topological polar surface area (TPSA) is 58.2 Å². The third-order valence-electron chi connectivity index (χ3n) is 2.84. The Kier molecular flexibility index (Phi) is 6.19. The first kappa shape index (κ1) is 16.8. The van der Waals surface area contributed by atoms with E-state index in [1.807, 2.05) is 0 Å². The lowest BCUT2D eigenvalue weighted by Gasteiger charge is -2.23. The molecule has 108 valence electrons. The van der Waals surface area contributed by atoms with E-state index in [4.69, 9.17) is 0 Å². The summed E-state index contributed by atoms with van der Waals surface area (Å²) in [5, 5.41) is 3.14. The van der Waals surface area contributed by atoms with E-state index in [2.05, 4.69) is 26.0 Å². The van der Waals surface area contributed by atoms with Crippen molar-refractivity contribution in [2.45, 2.75) is 23.8 Å². The second-order valence-corrected chi connectivity index (χ2v) is 6.82. The monoisotopic (exact) mass is 372 g/mol. The molecule has 1 aromatic carbocycles. The van der Waals surface area contributed by atoms with Gasteiger partial charge < -0.3 is 5.32 Å². The predicted molar refractivity (Wildman–Crippen MR) is 77.6 cm³/mol. The molecule has 0 amide bonds. The van der Waals surface area contributed by atoms with Crippen molar-refractivity contribution in [1.82, 2.24) is 10.0 Å². The fourth-order valence-corrected chi connectivity index (χ4v) is 3.83. The second kappa shape index (κ2) is 6.99. The van der Waals surface area contributed by atoms with Crippen molar-refractivity contribution in [1.29, 1.82) is 0 Å². The molecule has 1 saturated heterocycles. The zero-order valence-corrected chi connectivity index (χ0v) is 13.2. The Morgan fingerprint density at radius 3 is 2.58 bits per heavy atom. The second-order valence-electron chi connectivity index (χ2n) is 4.22. The van der Waals surface area contributed by atoms with Gasteiger partial charge in [0.15, 0.2) is 0 Å². The average Bonchev–Trinajstić information content (AvgIpc) is 2.33. The largest absolute Gasteiger partial charge is 0.317 e. The van der Waals surface area contributed by atoms with E-state index in [1.54, 1.807) is 0 Å². The van der Waals surface area contributed by atoms with Gasteiger partial charge in [0.1, 0.15) is 10.7 Å². The van der Waals surface area contributed by atoms with Crippen LogP contribution in [0.15, 0.2) is 27.6 Å². The third kappa shape index (κ3) is 4.39. The quantitative estimate of drug-likeness (QED) is 0.852. The van der Waals surface area contributed by atoms with Gasteiger partial charge in [0, 0.05) is 10.5 Å². The van der Waals surface area contributed by atoms with Crippen LogP contribution in [0.1, 0.15) is 12.8 Å². The maximum atomic E-state index is 13.6. The molecule has 0 spiro atoms. The van der Waals surface area contributed by atoms with E-state index < -0.39 is 15.8 Å². The minimum atomic E-state index is -3.80. The normalized spacial score (nSPS) is 16.9. The van der Waals surface area contributed by atoms with Crippen LogP contribution in [0.25, 0.3) is 0 Å². The summed E-state index contributed by atoms with van der Waals surface area (Å²) in [5.41, 5.74) is 0. The molecule has 8 heteroatoms. The van der Waals surface area contributed by atoms with Crippen molar-refractivity contribution in [2.75, 3.05) is 13.1 Å². The Hall–Kier alpha value is -0.210. The molecule has 2 N–H and O–H groups in total. The number of rotatable bonds is 3. The highest BCUT2D eigenvalue weighted by Crippen LogP contribution is 2.20. The van der Waals surface area contributed by atoms with Crippen molar-refractivity contribution < 1.29 is 12.8 Å². The molecule has 1 heterocycles. The van der Waals surface area contributed by atoms with Crippen LogP contribution in [-0.4, -0.2) is 27.5 Å². The first-order chi connectivity index (χ1) is 8.49.